The zero-order chi connectivity index (χ0) is 11.4. The Kier molecular flexibility index (Phi) is 3.97. The fourth-order valence-corrected chi connectivity index (χ4v) is 1.72. The molecule has 0 unspecified atom stereocenters. The summed E-state index contributed by atoms with van der Waals surface area (Å²) >= 11 is 0. The lowest BCUT2D eigenvalue weighted by molar-refractivity contribution is 0.294. The van der Waals surface area contributed by atoms with Crippen molar-refractivity contribution in [3.05, 3.63) is 22.8 Å². The number of hydrogen-bond donors (Lipinski definition) is 1. The lowest BCUT2D eigenvalue weighted by Gasteiger charge is -2.16. The molecule has 0 saturated carbocycles. The Hall–Kier alpha value is -1.22. The van der Waals surface area contributed by atoms with Crippen LogP contribution in [-0.4, -0.2) is 25.9 Å². The van der Waals surface area contributed by atoms with Crippen LogP contribution in [-0.2, 0) is 6.42 Å². The summed E-state index contributed by atoms with van der Waals surface area (Å²) in [6, 6.07) is 1.95. The van der Waals surface area contributed by atoms with Gasteiger partial charge in [-0.2, -0.15) is 0 Å². The van der Waals surface area contributed by atoms with Gasteiger partial charge in [0.25, 0.3) is 0 Å². The van der Waals surface area contributed by atoms with Crippen molar-refractivity contribution in [1.82, 2.24) is 0 Å². The van der Waals surface area contributed by atoms with Crippen molar-refractivity contribution in [3.8, 4) is 11.5 Å². The van der Waals surface area contributed by atoms with Gasteiger partial charge in [0.1, 0.15) is 0 Å². The largest absolute Gasteiger partial charge is 0.493 e. The number of aliphatic hydroxyl groups is 1. The Bertz CT molecular complexity index is 345. The Morgan fingerprint density at radius 2 is 1.87 bits per heavy atom. The second kappa shape index (κ2) is 5.03. The predicted molar refractivity (Wildman–Crippen MR) is 59.8 cm³/mol. The normalized spacial score (nSPS) is 10.2. The fourth-order valence-electron chi connectivity index (χ4n) is 1.72. The summed E-state index contributed by atoms with van der Waals surface area (Å²) < 4.78 is 10.6. The van der Waals surface area contributed by atoms with Crippen molar-refractivity contribution < 1.29 is 14.6 Å². The molecular weight excluding hydrogens is 192 g/mol. The van der Waals surface area contributed by atoms with E-state index in [1.165, 1.54) is 0 Å². The van der Waals surface area contributed by atoms with Crippen LogP contribution in [0.2, 0.25) is 0 Å². The van der Waals surface area contributed by atoms with Gasteiger partial charge in [-0.1, -0.05) is 0 Å². The molecule has 0 atom stereocenters. The molecule has 0 saturated heterocycles. The molecule has 0 aliphatic heterocycles. The van der Waals surface area contributed by atoms with Crippen molar-refractivity contribution in [2.24, 2.45) is 0 Å². The Morgan fingerprint density at radius 1 is 1.20 bits per heavy atom. The topological polar surface area (TPSA) is 38.7 Å². The van der Waals surface area contributed by atoms with Gasteiger partial charge in [0.2, 0.25) is 0 Å². The van der Waals surface area contributed by atoms with Crippen molar-refractivity contribution in [2.75, 3.05) is 20.8 Å². The quantitative estimate of drug-likeness (QED) is 0.824. The SMILES string of the molecule is COc1cc(C)c(C)c(CCO)c1OC. The van der Waals surface area contributed by atoms with E-state index in [0.717, 1.165) is 28.2 Å². The van der Waals surface area contributed by atoms with Crippen molar-refractivity contribution >= 4 is 0 Å². The van der Waals surface area contributed by atoms with Crippen LogP contribution in [0.5, 0.6) is 11.5 Å². The number of ether oxygens (including phenoxy) is 2. The molecule has 1 rings (SSSR count). The molecule has 1 aromatic rings. The van der Waals surface area contributed by atoms with Gasteiger partial charge < -0.3 is 14.6 Å². The smallest absolute Gasteiger partial charge is 0.164 e. The highest BCUT2D eigenvalue weighted by atomic mass is 16.5. The second-order valence-electron chi connectivity index (χ2n) is 3.51. The number of aliphatic hydroxyl groups excluding tert-OH is 1. The summed E-state index contributed by atoms with van der Waals surface area (Å²) in [5.41, 5.74) is 3.33. The average Bonchev–Trinajstić information content (AvgIpc) is 2.24. The maximum absolute atomic E-state index is 9.02. The molecule has 1 N–H and O–H groups in total. The first kappa shape index (κ1) is 11.9. The van der Waals surface area contributed by atoms with Crippen molar-refractivity contribution in [1.29, 1.82) is 0 Å². The molecule has 15 heavy (non-hydrogen) atoms. The van der Waals surface area contributed by atoms with Gasteiger partial charge in [0.15, 0.2) is 11.5 Å². The first-order chi connectivity index (χ1) is 7.15. The zero-order valence-corrected chi connectivity index (χ0v) is 9.76. The van der Waals surface area contributed by atoms with Crippen LogP contribution in [0, 0.1) is 13.8 Å². The summed E-state index contributed by atoms with van der Waals surface area (Å²) in [6.45, 7) is 4.17. The average molecular weight is 210 g/mol. The van der Waals surface area contributed by atoms with Gasteiger partial charge in [-0.05, 0) is 37.5 Å². The predicted octanol–water partition coefficient (Wildman–Crippen LogP) is 1.86. The third-order valence-corrected chi connectivity index (χ3v) is 2.68. The highest BCUT2D eigenvalue weighted by molar-refractivity contribution is 5.53. The molecule has 0 fully saturated rings. The van der Waals surface area contributed by atoms with Crippen LogP contribution in [0.4, 0.5) is 0 Å². The summed E-state index contributed by atoms with van der Waals surface area (Å²) in [5, 5.41) is 9.02. The molecule has 84 valence electrons. The van der Waals surface area contributed by atoms with Crippen LogP contribution in [0.15, 0.2) is 6.07 Å². The molecule has 3 nitrogen and oxygen atoms in total. The maximum atomic E-state index is 9.02. The molecule has 0 aliphatic rings. The molecule has 1 aromatic carbocycles. The van der Waals surface area contributed by atoms with E-state index in [4.69, 9.17) is 14.6 Å². The van der Waals surface area contributed by atoms with Crippen LogP contribution in [0.1, 0.15) is 16.7 Å². The Balaban J connectivity index is 3.35. The van der Waals surface area contributed by atoms with Gasteiger partial charge in [0.05, 0.1) is 14.2 Å². The molecule has 0 aromatic heterocycles. The van der Waals surface area contributed by atoms with Crippen molar-refractivity contribution in [3.63, 3.8) is 0 Å². The second-order valence-corrected chi connectivity index (χ2v) is 3.51. The Morgan fingerprint density at radius 3 is 2.33 bits per heavy atom. The first-order valence-electron chi connectivity index (χ1n) is 4.97. The standard InChI is InChI=1S/C12H18O3/c1-8-7-11(14-3)12(15-4)10(5-6-13)9(8)2/h7,13H,5-6H2,1-4H3. The zero-order valence-electron chi connectivity index (χ0n) is 9.76. The number of hydrogen-bond acceptors (Lipinski definition) is 3. The number of benzene rings is 1. The third kappa shape index (κ3) is 2.23. The summed E-state index contributed by atoms with van der Waals surface area (Å²) in [6.07, 6.45) is 0.590. The number of methoxy groups -OCH3 is 2. The van der Waals surface area contributed by atoms with E-state index in [9.17, 15) is 0 Å². The van der Waals surface area contributed by atoms with E-state index < -0.39 is 0 Å². The van der Waals surface area contributed by atoms with E-state index in [-0.39, 0.29) is 6.61 Å². The van der Waals surface area contributed by atoms with Gasteiger partial charge in [-0.3, -0.25) is 0 Å². The minimum Gasteiger partial charge on any atom is -0.493 e. The molecule has 0 heterocycles. The molecule has 0 aliphatic carbocycles. The van der Waals surface area contributed by atoms with Crippen LogP contribution >= 0.6 is 0 Å². The molecule has 0 spiro atoms. The summed E-state index contributed by atoms with van der Waals surface area (Å²) in [4.78, 5) is 0. The molecule has 0 amide bonds. The van der Waals surface area contributed by atoms with Crippen LogP contribution < -0.4 is 9.47 Å². The number of aryl methyl sites for hydroxylation is 1. The van der Waals surface area contributed by atoms with E-state index >= 15 is 0 Å². The maximum Gasteiger partial charge on any atom is 0.164 e. The lowest BCUT2D eigenvalue weighted by atomic mass is 9.99. The van der Waals surface area contributed by atoms with E-state index in [2.05, 4.69) is 0 Å². The minimum atomic E-state index is 0.115. The molecule has 0 bridgehead atoms. The van der Waals surface area contributed by atoms with Gasteiger partial charge in [0, 0.05) is 12.2 Å². The fraction of sp³-hybridized carbons (Fsp3) is 0.500. The van der Waals surface area contributed by atoms with E-state index in [1.807, 2.05) is 19.9 Å². The summed E-state index contributed by atoms with van der Waals surface area (Å²) in [5.74, 6) is 1.46. The van der Waals surface area contributed by atoms with Crippen LogP contribution in [0.25, 0.3) is 0 Å². The molecular formula is C12H18O3. The lowest BCUT2D eigenvalue weighted by Crippen LogP contribution is -2.03. The highest BCUT2D eigenvalue weighted by Crippen LogP contribution is 2.35. The van der Waals surface area contributed by atoms with Gasteiger partial charge in [-0.25, -0.2) is 0 Å². The van der Waals surface area contributed by atoms with Gasteiger partial charge in [-0.15, -0.1) is 0 Å². The first-order valence-corrected chi connectivity index (χ1v) is 4.97. The van der Waals surface area contributed by atoms with E-state index in [1.54, 1.807) is 14.2 Å². The van der Waals surface area contributed by atoms with E-state index in [0.29, 0.717) is 6.42 Å². The monoisotopic (exact) mass is 210 g/mol. The minimum absolute atomic E-state index is 0.115. The molecule has 0 radical (unpaired) electrons. The van der Waals surface area contributed by atoms with Gasteiger partial charge >= 0.3 is 0 Å². The summed E-state index contributed by atoms with van der Waals surface area (Å²) in [7, 11) is 3.24. The van der Waals surface area contributed by atoms with Crippen LogP contribution in [0.3, 0.4) is 0 Å². The van der Waals surface area contributed by atoms with Crippen molar-refractivity contribution in [2.45, 2.75) is 20.3 Å². The highest BCUT2D eigenvalue weighted by Gasteiger charge is 2.14. The number of rotatable bonds is 4. The third-order valence-electron chi connectivity index (χ3n) is 2.68. The molecule has 3 heteroatoms. The Labute approximate surface area is 90.6 Å².